The highest BCUT2D eigenvalue weighted by molar-refractivity contribution is 14.1. The van der Waals surface area contributed by atoms with Crippen LogP contribution in [-0.4, -0.2) is 34.5 Å². The number of halogens is 11. The first kappa shape index (κ1) is 25.6. The zero-order chi connectivity index (χ0) is 21.8. The van der Waals surface area contributed by atoms with Gasteiger partial charge in [-0.05, 0) is 43.5 Å². The molecule has 162 valence electrons. The van der Waals surface area contributed by atoms with Crippen LogP contribution in [0.5, 0.6) is 5.75 Å². The summed E-state index contributed by atoms with van der Waals surface area (Å²) in [7, 11) is 0. The SMILES string of the molecule is FC(F)(F)C(F)(F)C(F)(F)C(F)(F)CC(I)CCCCOc1ccc(Br)cc1. The highest BCUT2D eigenvalue weighted by Crippen LogP contribution is 2.54. The second kappa shape index (κ2) is 9.61. The van der Waals surface area contributed by atoms with Crippen LogP contribution < -0.4 is 4.74 Å². The normalized spacial score (nSPS) is 14.8. The molecule has 0 saturated heterocycles. The summed E-state index contributed by atoms with van der Waals surface area (Å²) in [6, 6.07) is 6.81. The molecule has 0 N–H and O–H groups in total. The first-order chi connectivity index (χ1) is 12.6. The molecule has 0 heterocycles. The summed E-state index contributed by atoms with van der Waals surface area (Å²) in [4.78, 5) is 0. The third kappa shape index (κ3) is 6.30. The molecule has 1 atom stereocenters. The summed E-state index contributed by atoms with van der Waals surface area (Å²) >= 11 is 4.57. The molecule has 0 aliphatic heterocycles. The molecule has 0 fully saturated rings. The Hall–Kier alpha value is -0.400. The molecule has 1 nitrogen and oxygen atoms in total. The Morgan fingerprint density at radius 3 is 1.89 bits per heavy atom. The molecule has 1 aromatic carbocycles. The topological polar surface area (TPSA) is 9.23 Å². The summed E-state index contributed by atoms with van der Waals surface area (Å²) < 4.78 is 120. The fourth-order valence-electron chi connectivity index (χ4n) is 2.10. The lowest BCUT2D eigenvalue weighted by atomic mass is 9.98. The van der Waals surface area contributed by atoms with Crippen LogP contribution in [0.15, 0.2) is 28.7 Å². The number of unbranched alkanes of at least 4 members (excludes halogenated alkanes) is 1. The molecule has 1 rings (SSSR count). The van der Waals surface area contributed by atoms with E-state index in [4.69, 9.17) is 4.74 Å². The minimum atomic E-state index is -6.83. The second-order valence-corrected chi connectivity index (χ2v) is 8.63. The average Bonchev–Trinajstić information content (AvgIpc) is 2.54. The highest BCUT2D eigenvalue weighted by atomic mass is 127. The van der Waals surface area contributed by atoms with Crippen molar-refractivity contribution in [3.63, 3.8) is 0 Å². The van der Waals surface area contributed by atoms with Crippen molar-refractivity contribution in [2.45, 2.75) is 53.6 Å². The van der Waals surface area contributed by atoms with Crippen molar-refractivity contribution < 1.29 is 44.3 Å². The zero-order valence-corrected chi connectivity index (χ0v) is 17.7. The van der Waals surface area contributed by atoms with E-state index in [0.29, 0.717) is 12.2 Å². The standard InChI is InChI=1S/C16H15BrF9IO/c17-10-4-6-12(7-5-10)28-8-2-1-3-11(27)9-13(18,19)14(20,21)15(22,23)16(24,25)26/h4-7,11H,1-3,8-9H2. The van der Waals surface area contributed by atoms with Gasteiger partial charge in [-0.2, -0.15) is 39.5 Å². The molecule has 0 radical (unpaired) electrons. The third-order valence-corrected chi connectivity index (χ3v) is 5.27. The number of hydrogen-bond donors (Lipinski definition) is 0. The van der Waals surface area contributed by atoms with E-state index >= 15 is 0 Å². The van der Waals surface area contributed by atoms with E-state index < -0.39 is 34.3 Å². The fraction of sp³-hybridized carbons (Fsp3) is 0.625. The fourth-order valence-corrected chi connectivity index (χ4v) is 3.36. The summed E-state index contributed by atoms with van der Waals surface area (Å²) in [5, 5.41) is 0. The van der Waals surface area contributed by atoms with Crippen LogP contribution in [0.4, 0.5) is 39.5 Å². The summed E-state index contributed by atoms with van der Waals surface area (Å²) in [5.74, 6) is -18.4. The molecule has 1 aromatic rings. The van der Waals surface area contributed by atoms with Gasteiger partial charge >= 0.3 is 23.9 Å². The van der Waals surface area contributed by atoms with Crippen molar-refractivity contribution in [3.8, 4) is 5.75 Å². The van der Waals surface area contributed by atoms with Gasteiger partial charge in [0.25, 0.3) is 0 Å². The van der Waals surface area contributed by atoms with E-state index in [1.807, 2.05) is 0 Å². The lowest BCUT2D eigenvalue weighted by Gasteiger charge is -2.34. The summed E-state index contributed by atoms with van der Waals surface area (Å²) in [5.41, 5.74) is 0. The first-order valence-corrected chi connectivity index (χ1v) is 9.88. The van der Waals surface area contributed by atoms with Crippen molar-refractivity contribution in [2.24, 2.45) is 0 Å². The van der Waals surface area contributed by atoms with Gasteiger partial charge in [0.2, 0.25) is 0 Å². The van der Waals surface area contributed by atoms with Gasteiger partial charge in [-0.15, -0.1) is 0 Å². The lowest BCUT2D eigenvalue weighted by Crippen LogP contribution is -2.61. The number of alkyl halides is 10. The van der Waals surface area contributed by atoms with Gasteiger partial charge in [-0.3, -0.25) is 0 Å². The van der Waals surface area contributed by atoms with E-state index in [9.17, 15) is 39.5 Å². The van der Waals surface area contributed by atoms with Crippen LogP contribution in [0.1, 0.15) is 25.7 Å². The first-order valence-electron chi connectivity index (χ1n) is 7.84. The summed E-state index contributed by atoms with van der Waals surface area (Å²) in [6.07, 6.45) is -8.07. The minimum Gasteiger partial charge on any atom is -0.494 e. The monoisotopic (exact) mass is 600 g/mol. The predicted octanol–water partition coefficient (Wildman–Crippen LogP) is 7.66. The van der Waals surface area contributed by atoms with Crippen molar-refractivity contribution in [1.29, 1.82) is 0 Å². The van der Waals surface area contributed by atoms with Crippen molar-refractivity contribution >= 4 is 38.5 Å². The Bertz CT molecular complexity index is 620. The molecule has 28 heavy (non-hydrogen) atoms. The number of rotatable bonds is 10. The molecule has 0 aliphatic carbocycles. The second-order valence-electron chi connectivity index (χ2n) is 5.95. The van der Waals surface area contributed by atoms with E-state index in [1.165, 1.54) is 22.6 Å². The van der Waals surface area contributed by atoms with Gasteiger partial charge in [0.1, 0.15) is 5.75 Å². The molecule has 0 spiro atoms. The molecule has 1 unspecified atom stereocenters. The molecule has 12 heteroatoms. The van der Waals surface area contributed by atoms with Crippen LogP contribution in [0.3, 0.4) is 0 Å². The largest absolute Gasteiger partial charge is 0.494 e. The maximum Gasteiger partial charge on any atom is 0.460 e. The minimum absolute atomic E-state index is 0.0759. The molecular formula is C16H15BrF9IO. The van der Waals surface area contributed by atoms with Gasteiger partial charge in [0, 0.05) is 14.8 Å². The molecular weight excluding hydrogens is 586 g/mol. The van der Waals surface area contributed by atoms with E-state index in [2.05, 4.69) is 15.9 Å². The maximum absolute atomic E-state index is 13.5. The van der Waals surface area contributed by atoms with Crippen LogP contribution >= 0.6 is 38.5 Å². The Morgan fingerprint density at radius 2 is 1.39 bits per heavy atom. The third-order valence-electron chi connectivity index (χ3n) is 3.68. The van der Waals surface area contributed by atoms with Crippen molar-refractivity contribution in [2.75, 3.05) is 6.61 Å². The molecule has 0 aromatic heterocycles. The Labute approximate surface area is 177 Å². The van der Waals surface area contributed by atoms with Gasteiger partial charge in [0.05, 0.1) is 6.61 Å². The van der Waals surface area contributed by atoms with Crippen molar-refractivity contribution in [1.82, 2.24) is 0 Å². The van der Waals surface area contributed by atoms with E-state index in [1.54, 1.807) is 24.3 Å². The Morgan fingerprint density at radius 1 is 0.857 bits per heavy atom. The average molecular weight is 601 g/mol. The predicted molar refractivity (Wildman–Crippen MR) is 96.8 cm³/mol. The number of ether oxygens (including phenoxy) is 1. The zero-order valence-electron chi connectivity index (χ0n) is 14.0. The number of hydrogen-bond acceptors (Lipinski definition) is 1. The number of benzene rings is 1. The quantitative estimate of drug-likeness (QED) is 0.116. The highest BCUT2D eigenvalue weighted by Gasteiger charge is 2.81. The summed E-state index contributed by atoms with van der Waals surface area (Å²) in [6.45, 7) is 0.198. The van der Waals surface area contributed by atoms with Gasteiger partial charge in [-0.1, -0.05) is 38.5 Å². The van der Waals surface area contributed by atoms with Gasteiger partial charge in [-0.25, -0.2) is 0 Å². The van der Waals surface area contributed by atoms with E-state index in [0.717, 1.165) is 4.47 Å². The Balaban J connectivity index is 2.50. The van der Waals surface area contributed by atoms with Gasteiger partial charge < -0.3 is 4.74 Å². The lowest BCUT2D eigenvalue weighted by molar-refractivity contribution is -0.396. The maximum atomic E-state index is 13.5. The molecule has 0 aliphatic rings. The Kier molecular flexibility index (Phi) is 8.80. The molecule has 0 amide bonds. The van der Waals surface area contributed by atoms with Crippen LogP contribution in [0.25, 0.3) is 0 Å². The van der Waals surface area contributed by atoms with Crippen LogP contribution in [0, 0.1) is 0 Å². The van der Waals surface area contributed by atoms with Gasteiger partial charge in [0.15, 0.2) is 0 Å². The smallest absolute Gasteiger partial charge is 0.460 e. The molecule has 0 bridgehead atoms. The van der Waals surface area contributed by atoms with Crippen molar-refractivity contribution in [3.05, 3.63) is 28.7 Å². The molecule has 0 saturated carbocycles. The van der Waals surface area contributed by atoms with Crippen LogP contribution in [-0.2, 0) is 0 Å². The van der Waals surface area contributed by atoms with Crippen LogP contribution in [0.2, 0.25) is 0 Å². The van der Waals surface area contributed by atoms with E-state index in [-0.39, 0.29) is 19.4 Å².